The van der Waals surface area contributed by atoms with E-state index in [1.165, 1.54) is 41.7 Å². The number of hydrogen-bond acceptors (Lipinski definition) is 2. The van der Waals surface area contributed by atoms with Crippen LogP contribution in [0, 0.1) is 11.7 Å². The molecule has 1 N–H and O–H groups in total. The van der Waals surface area contributed by atoms with Gasteiger partial charge in [-0.15, -0.1) is 0 Å². The summed E-state index contributed by atoms with van der Waals surface area (Å²) >= 11 is 0. The number of fused-ring (bicyclic) bond motifs is 2. The van der Waals surface area contributed by atoms with Crippen molar-refractivity contribution in [1.29, 1.82) is 0 Å². The Hall–Kier alpha value is -2.88. The number of halogens is 1. The van der Waals surface area contributed by atoms with Gasteiger partial charge in [0.05, 0.1) is 5.69 Å². The molecule has 3 aliphatic heterocycles. The van der Waals surface area contributed by atoms with Crippen molar-refractivity contribution in [2.75, 3.05) is 13.1 Å². The van der Waals surface area contributed by atoms with E-state index in [2.05, 4.69) is 27.3 Å². The Kier molecular flexibility index (Phi) is 3.63. The molecule has 3 aliphatic rings. The second kappa shape index (κ2) is 6.13. The summed E-state index contributed by atoms with van der Waals surface area (Å²) in [6.45, 7) is 2.32. The molecule has 1 saturated heterocycles. The van der Waals surface area contributed by atoms with Crippen LogP contribution in [-0.2, 0) is 0 Å². The molecule has 0 spiro atoms. The van der Waals surface area contributed by atoms with Crippen LogP contribution in [0.3, 0.4) is 0 Å². The molecule has 0 aliphatic carbocycles. The third-order valence-corrected chi connectivity index (χ3v) is 5.58. The lowest BCUT2D eigenvalue weighted by molar-refractivity contribution is 0.252. The Morgan fingerprint density at radius 2 is 1.69 bits per heavy atom. The highest BCUT2D eigenvalue weighted by Crippen LogP contribution is 2.44. The fourth-order valence-electron chi connectivity index (χ4n) is 4.24. The summed E-state index contributed by atoms with van der Waals surface area (Å²) in [5.41, 5.74) is 7.01. The summed E-state index contributed by atoms with van der Waals surface area (Å²) in [5.74, 6) is 0.406. The second-order valence-corrected chi connectivity index (χ2v) is 7.09. The quantitative estimate of drug-likeness (QED) is 0.728. The van der Waals surface area contributed by atoms with E-state index >= 15 is 0 Å². The van der Waals surface area contributed by atoms with E-state index in [0.29, 0.717) is 5.92 Å². The molecule has 0 radical (unpaired) electrons. The number of pyridine rings is 1. The Labute approximate surface area is 152 Å². The Morgan fingerprint density at radius 3 is 2.35 bits per heavy atom. The van der Waals surface area contributed by atoms with Gasteiger partial charge in [0.1, 0.15) is 5.82 Å². The lowest BCUT2D eigenvalue weighted by atomic mass is 9.80. The average Bonchev–Trinajstić information content (AvgIpc) is 3.15. The van der Waals surface area contributed by atoms with Gasteiger partial charge in [-0.3, -0.25) is 4.98 Å². The summed E-state index contributed by atoms with van der Waals surface area (Å²) in [6, 6.07) is 10.8. The molecule has 6 rings (SSSR count). The van der Waals surface area contributed by atoms with Crippen LogP contribution >= 0.6 is 0 Å². The fourth-order valence-corrected chi connectivity index (χ4v) is 4.24. The van der Waals surface area contributed by atoms with Crippen LogP contribution in [0.25, 0.3) is 28.0 Å². The van der Waals surface area contributed by atoms with Crippen molar-refractivity contribution in [3.63, 3.8) is 0 Å². The maximum Gasteiger partial charge on any atom is 0.123 e. The highest BCUT2D eigenvalue weighted by atomic mass is 19.1. The van der Waals surface area contributed by atoms with Gasteiger partial charge >= 0.3 is 0 Å². The first-order valence-corrected chi connectivity index (χ1v) is 9.13. The molecule has 1 aromatic carbocycles. The number of allylic oxidation sites excluding steroid dienone is 1. The molecule has 0 unspecified atom stereocenters. The van der Waals surface area contributed by atoms with Gasteiger partial charge < -0.3 is 9.88 Å². The van der Waals surface area contributed by atoms with Gasteiger partial charge in [-0.1, -0.05) is 0 Å². The van der Waals surface area contributed by atoms with Gasteiger partial charge in [-0.25, -0.2) is 4.39 Å². The van der Waals surface area contributed by atoms with Crippen molar-refractivity contribution in [2.45, 2.75) is 12.8 Å². The summed E-state index contributed by atoms with van der Waals surface area (Å²) < 4.78 is 13.4. The minimum atomic E-state index is -0.217. The third-order valence-electron chi connectivity index (χ3n) is 5.58. The zero-order valence-corrected chi connectivity index (χ0v) is 14.5. The number of nitrogens with zero attached hydrogens (tertiary/aromatic N) is 2. The molecule has 26 heavy (non-hydrogen) atoms. The lowest BCUT2D eigenvalue weighted by Crippen LogP contribution is -2.35. The van der Waals surface area contributed by atoms with Crippen LogP contribution in [0.5, 0.6) is 0 Å². The number of aromatic nitrogens is 2. The van der Waals surface area contributed by atoms with Gasteiger partial charge in [0.15, 0.2) is 0 Å². The Bertz CT molecular complexity index is 949. The molecule has 0 atom stereocenters. The van der Waals surface area contributed by atoms with E-state index in [1.54, 1.807) is 0 Å². The van der Waals surface area contributed by atoms with Crippen molar-refractivity contribution in [3.05, 3.63) is 72.6 Å². The van der Waals surface area contributed by atoms with E-state index in [4.69, 9.17) is 0 Å². The minimum absolute atomic E-state index is 0.217. The summed E-state index contributed by atoms with van der Waals surface area (Å²) in [5, 5.41) is 0. The summed E-state index contributed by atoms with van der Waals surface area (Å²) in [7, 11) is 0. The maximum absolute atomic E-state index is 13.4. The second-order valence-electron chi connectivity index (χ2n) is 7.09. The van der Waals surface area contributed by atoms with Crippen LogP contribution < -0.4 is 0 Å². The molecule has 3 aromatic rings. The Morgan fingerprint density at radius 1 is 0.962 bits per heavy atom. The summed E-state index contributed by atoms with van der Waals surface area (Å²) in [4.78, 5) is 10.1. The predicted molar refractivity (Wildman–Crippen MR) is 102 cm³/mol. The van der Waals surface area contributed by atoms with Gasteiger partial charge in [0, 0.05) is 49.0 Å². The first-order valence-electron chi connectivity index (χ1n) is 9.13. The van der Waals surface area contributed by atoms with E-state index in [9.17, 15) is 4.39 Å². The largest absolute Gasteiger partial charge is 0.377 e. The van der Waals surface area contributed by atoms with Gasteiger partial charge in [0.25, 0.3) is 0 Å². The predicted octanol–water partition coefficient (Wildman–Crippen LogP) is 4.95. The molecule has 1 fully saturated rings. The van der Waals surface area contributed by atoms with Crippen molar-refractivity contribution >= 4 is 5.57 Å². The van der Waals surface area contributed by atoms with Crippen molar-refractivity contribution in [1.82, 2.24) is 14.9 Å². The molecule has 2 bridgehead atoms. The number of benzene rings is 1. The number of aromatic amines is 1. The molecule has 3 nitrogen and oxygen atoms in total. The highest BCUT2D eigenvalue weighted by molar-refractivity contribution is 5.91. The first-order chi connectivity index (χ1) is 12.8. The zero-order chi connectivity index (χ0) is 17.5. The molecule has 0 amide bonds. The monoisotopic (exact) mass is 345 g/mol. The molecule has 5 heterocycles. The van der Waals surface area contributed by atoms with E-state index < -0.39 is 0 Å². The zero-order valence-electron chi connectivity index (χ0n) is 14.5. The molecule has 130 valence electrons. The van der Waals surface area contributed by atoms with Crippen LogP contribution in [0.15, 0.2) is 61.2 Å². The van der Waals surface area contributed by atoms with Gasteiger partial charge in [-0.2, -0.15) is 0 Å². The van der Waals surface area contributed by atoms with Crippen LogP contribution in [-0.4, -0.2) is 28.0 Å². The number of rotatable bonds is 3. The number of H-pyrrole nitrogens is 1. The van der Waals surface area contributed by atoms with Gasteiger partial charge in [-0.05, 0) is 71.9 Å². The average molecular weight is 345 g/mol. The van der Waals surface area contributed by atoms with Crippen LogP contribution in [0.1, 0.15) is 18.4 Å². The first kappa shape index (κ1) is 15.4. The van der Waals surface area contributed by atoms with E-state index in [1.807, 2.05) is 36.7 Å². The minimum Gasteiger partial charge on any atom is -0.377 e. The number of piperidine rings is 1. The number of nitrogens with one attached hydrogen (secondary N) is 1. The molecule has 0 saturated carbocycles. The normalized spacial score (nSPS) is 16.8. The molecule has 4 heteroatoms. The Balaban J connectivity index is 1.70. The van der Waals surface area contributed by atoms with Crippen molar-refractivity contribution in [2.24, 2.45) is 5.92 Å². The SMILES string of the molecule is Fc1ccc(-c2[nH]cc(C3=CN4CCC3CC4)c2-c2ccncc2)cc1. The standard InChI is InChI=1S/C22H20FN3/c23-18-3-1-17(2-4-18)22-21(16-5-9-24-10-6-16)19(13-25-22)20-14-26-11-7-15(20)8-12-26/h1-6,9-10,13-15,25H,7-8,11-12H2. The van der Waals surface area contributed by atoms with Gasteiger partial charge in [0.2, 0.25) is 0 Å². The number of hydrogen-bond donors (Lipinski definition) is 1. The third kappa shape index (κ3) is 2.53. The lowest BCUT2D eigenvalue weighted by Gasteiger charge is -2.39. The van der Waals surface area contributed by atoms with E-state index in [-0.39, 0.29) is 5.82 Å². The molecule has 2 aromatic heterocycles. The van der Waals surface area contributed by atoms with E-state index in [0.717, 1.165) is 29.9 Å². The summed E-state index contributed by atoms with van der Waals surface area (Å²) in [6.07, 6.45) is 10.5. The van der Waals surface area contributed by atoms with Crippen LogP contribution in [0.4, 0.5) is 4.39 Å². The fraction of sp³-hybridized carbons (Fsp3) is 0.227. The molecular formula is C22H20FN3. The highest BCUT2D eigenvalue weighted by Gasteiger charge is 2.30. The van der Waals surface area contributed by atoms with Crippen molar-refractivity contribution < 1.29 is 4.39 Å². The van der Waals surface area contributed by atoms with Crippen LogP contribution in [0.2, 0.25) is 0 Å². The van der Waals surface area contributed by atoms with Crippen molar-refractivity contribution in [3.8, 4) is 22.4 Å². The topological polar surface area (TPSA) is 31.9 Å². The molecular weight excluding hydrogens is 325 g/mol. The smallest absolute Gasteiger partial charge is 0.123 e. The maximum atomic E-state index is 13.4.